The average molecular weight is 176 g/mol. The maximum Gasteiger partial charge on any atom is 0.111 e. The number of methoxy groups -OCH3 is 1. The summed E-state index contributed by atoms with van der Waals surface area (Å²) in [7, 11) is 1.58. The number of hydrogen-bond donors (Lipinski definition) is 1. The Morgan fingerprint density at radius 3 is 2.17 bits per heavy atom. The quantitative estimate of drug-likeness (QED) is 0.684. The number of hydrogen-bond acceptors (Lipinski definition) is 3. The van der Waals surface area contributed by atoms with E-state index in [1.54, 1.807) is 14.0 Å². The van der Waals surface area contributed by atoms with Crippen LogP contribution in [0.3, 0.4) is 0 Å². The second kappa shape index (κ2) is 4.80. The first-order valence-corrected chi connectivity index (χ1v) is 4.27. The highest BCUT2D eigenvalue weighted by atomic mass is 16.5. The van der Waals surface area contributed by atoms with Gasteiger partial charge in [-0.1, -0.05) is 0 Å². The number of aliphatic hydroxyl groups is 1. The zero-order valence-electron chi connectivity index (χ0n) is 8.63. The average Bonchev–Trinajstić information content (AvgIpc) is 1.99. The van der Waals surface area contributed by atoms with Crippen LogP contribution in [0.1, 0.15) is 27.7 Å². The van der Waals surface area contributed by atoms with Crippen molar-refractivity contribution in [1.29, 1.82) is 0 Å². The third kappa shape index (κ3) is 4.04. The highest BCUT2D eigenvalue weighted by Crippen LogP contribution is 2.13. The second-order valence-electron chi connectivity index (χ2n) is 3.59. The van der Waals surface area contributed by atoms with Crippen LogP contribution in [0.25, 0.3) is 0 Å². The van der Waals surface area contributed by atoms with Gasteiger partial charge in [-0.3, -0.25) is 0 Å². The van der Waals surface area contributed by atoms with Crippen molar-refractivity contribution in [2.75, 3.05) is 13.7 Å². The molecule has 1 N–H and O–H groups in total. The molecular weight excluding hydrogens is 156 g/mol. The molecule has 74 valence electrons. The van der Waals surface area contributed by atoms with Gasteiger partial charge in [-0.2, -0.15) is 0 Å². The van der Waals surface area contributed by atoms with Gasteiger partial charge in [0.05, 0.1) is 18.8 Å². The van der Waals surface area contributed by atoms with Crippen LogP contribution in [-0.4, -0.2) is 36.6 Å². The van der Waals surface area contributed by atoms with Gasteiger partial charge >= 0.3 is 0 Å². The van der Waals surface area contributed by atoms with Crippen molar-refractivity contribution >= 4 is 0 Å². The first kappa shape index (κ1) is 11.9. The fraction of sp³-hybridized carbons (Fsp3) is 1.00. The lowest BCUT2D eigenvalue weighted by Gasteiger charge is -2.29. The van der Waals surface area contributed by atoms with Gasteiger partial charge in [0.2, 0.25) is 0 Å². The summed E-state index contributed by atoms with van der Waals surface area (Å²) < 4.78 is 10.3. The minimum Gasteiger partial charge on any atom is -0.385 e. The lowest BCUT2D eigenvalue weighted by atomic mass is 10.0. The van der Waals surface area contributed by atoms with Gasteiger partial charge < -0.3 is 14.6 Å². The van der Waals surface area contributed by atoms with E-state index < -0.39 is 5.60 Å². The first-order valence-electron chi connectivity index (χ1n) is 4.27. The molecular formula is C9H20O3. The second-order valence-corrected chi connectivity index (χ2v) is 3.59. The van der Waals surface area contributed by atoms with E-state index >= 15 is 0 Å². The third-order valence-corrected chi connectivity index (χ3v) is 1.94. The van der Waals surface area contributed by atoms with Gasteiger partial charge in [-0.15, -0.1) is 0 Å². The SMILES string of the molecule is COC(C)C(C)(O)COC(C)C. The van der Waals surface area contributed by atoms with Crippen LogP contribution in [0.2, 0.25) is 0 Å². The molecule has 0 spiro atoms. The molecule has 0 fully saturated rings. The summed E-state index contributed by atoms with van der Waals surface area (Å²) in [5.41, 5.74) is -0.904. The van der Waals surface area contributed by atoms with Gasteiger partial charge in [0.1, 0.15) is 5.60 Å². The fourth-order valence-corrected chi connectivity index (χ4v) is 0.707. The van der Waals surface area contributed by atoms with Crippen LogP contribution in [0.5, 0.6) is 0 Å². The van der Waals surface area contributed by atoms with Gasteiger partial charge in [0.15, 0.2) is 0 Å². The summed E-state index contributed by atoms with van der Waals surface area (Å²) >= 11 is 0. The minimum absolute atomic E-state index is 0.139. The van der Waals surface area contributed by atoms with Crippen LogP contribution in [0.4, 0.5) is 0 Å². The summed E-state index contributed by atoms with van der Waals surface area (Å²) in [6.45, 7) is 7.72. The number of ether oxygens (including phenoxy) is 2. The summed E-state index contributed by atoms with van der Waals surface area (Å²) in [6, 6.07) is 0. The van der Waals surface area contributed by atoms with Gasteiger partial charge in [-0.05, 0) is 27.7 Å². The Hall–Kier alpha value is -0.120. The zero-order chi connectivity index (χ0) is 9.78. The summed E-state index contributed by atoms with van der Waals surface area (Å²) in [5, 5.41) is 9.78. The van der Waals surface area contributed by atoms with Crippen molar-refractivity contribution in [3.8, 4) is 0 Å². The molecule has 3 nitrogen and oxygen atoms in total. The molecule has 0 aromatic heterocycles. The van der Waals surface area contributed by atoms with Crippen molar-refractivity contribution in [3.63, 3.8) is 0 Å². The molecule has 2 unspecified atom stereocenters. The van der Waals surface area contributed by atoms with Crippen molar-refractivity contribution in [2.45, 2.75) is 45.5 Å². The first-order chi connectivity index (χ1) is 5.40. The van der Waals surface area contributed by atoms with E-state index in [2.05, 4.69) is 0 Å². The Labute approximate surface area is 74.7 Å². The summed E-state index contributed by atoms with van der Waals surface area (Å²) in [6.07, 6.45) is -0.0724. The molecule has 0 aliphatic carbocycles. The predicted molar refractivity (Wildman–Crippen MR) is 48.2 cm³/mol. The Morgan fingerprint density at radius 1 is 1.33 bits per heavy atom. The van der Waals surface area contributed by atoms with E-state index in [1.165, 1.54) is 0 Å². The molecule has 0 aromatic rings. The molecule has 0 bridgehead atoms. The number of rotatable bonds is 5. The fourth-order valence-electron chi connectivity index (χ4n) is 0.707. The predicted octanol–water partition coefficient (Wildman–Crippen LogP) is 1.20. The van der Waals surface area contributed by atoms with Crippen molar-refractivity contribution < 1.29 is 14.6 Å². The van der Waals surface area contributed by atoms with E-state index in [0.717, 1.165) is 0 Å². The van der Waals surface area contributed by atoms with Gasteiger partial charge in [0, 0.05) is 7.11 Å². The molecule has 0 radical (unpaired) electrons. The molecule has 0 aliphatic rings. The third-order valence-electron chi connectivity index (χ3n) is 1.94. The lowest BCUT2D eigenvalue weighted by Crippen LogP contribution is -2.43. The van der Waals surface area contributed by atoms with E-state index in [0.29, 0.717) is 6.61 Å². The molecule has 0 aromatic carbocycles. The highest BCUT2D eigenvalue weighted by Gasteiger charge is 2.28. The summed E-state index contributed by atoms with van der Waals surface area (Å²) in [5.74, 6) is 0. The molecule has 0 saturated heterocycles. The maximum atomic E-state index is 9.78. The molecule has 0 aliphatic heterocycles. The van der Waals surface area contributed by atoms with Crippen molar-refractivity contribution in [2.24, 2.45) is 0 Å². The van der Waals surface area contributed by atoms with E-state index in [-0.39, 0.29) is 12.2 Å². The Kier molecular flexibility index (Phi) is 4.75. The Morgan fingerprint density at radius 2 is 1.83 bits per heavy atom. The van der Waals surface area contributed by atoms with E-state index in [9.17, 15) is 5.11 Å². The Balaban J connectivity index is 3.86. The largest absolute Gasteiger partial charge is 0.385 e. The topological polar surface area (TPSA) is 38.7 Å². The monoisotopic (exact) mass is 176 g/mol. The van der Waals surface area contributed by atoms with Crippen LogP contribution in [0, 0.1) is 0 Å². The van der Waals surface area contributed by atoms with Crippen LogP contribution in [0.15, 0.2) is 0 Å². The molecule has 0 amide bonds. The molecule has 12 heavy (non-hydrogen) atoms. The summed E-state index contributed by atoms with van der Waals surface area (Å²) in [4.78, 5) is 0. The highest BCUT2D eigenvalue weighted by molar-refractivity contribution is 4.79. The van der Waals surface area contributed by atoms with Gasteiger partial charge in [-0.25, -0.2) is 0 Å². The van der Waals surface area contributed by atoms with E-state index in [1.807, 2.05) is 20.8 Å². The molecule has 0 saturated carbocycles. The normalized spacial score (nSPS) is 19.2. The minimum atomic E-state index is -0.904. The van der Waals surface area contributed by atoms with Gasteiger partial charge in [0.25, 0.3) is 0 Å². The molecule has 0 heterocycles. The lowest BCUT2D eigenvalue weighted by molar-refractivity contribution is -0.124. The molecule has 0 rings (SSSR count). The van der Waals surface area contributed by atoms with Crippen molar-refractivity contribution in [3.05, 3.63) is 0 Å². The van der Waals surface area contributed by atoms with Crippen LogP contribution in [-0.2, 0) is 9.47 Å². The maximum absolute atomic E-state index is 9.78. The van der Waals surface area contributed by atoms with Crippen LogP contribution < -0.4 is 0 Å². The zero-order valence-corrected chi connectivity index (χ0v) is 8.63. The van der Waals surface area contributed by atoms with Crippen LogP contribution >= 0.6 is 0 Å². The standard InChI is InChI=1S/C9H20O3/c1-7(2)12-6-9(4,10)8(3)11-5/h7-8,10H,6H2,1-5H3. The van der Waals surface area contributed by atoms with Crippen molar-refractivity contribution in [1.82, 2.24) is 0 Å². The smallest absolute Gasteiger partial charge is 0.111 e. The Bertz CT molecular complexity index is 121. The van der Waals surface area contributed by atoms with E-state index in [4.69, 9.17) is 9.47 Å². The molecule has 3 heteroatoms. The molecule has 2 atom stereocenters.